The third-order valence-electron chi connectivity index (χ3n) is 2.00. The zero-order valence-corrected chi connectivity index (χ0v) is 9.49. The van der Waals surface area contributed by atoms with Crippen LogP contribution in [-0.4, -0.2) is 29.9 Å². The van der Waals surface area contributed by atoms with Gasteiger partial charge in [0, 0.05) is 12.7 Å². The normalized spacial score (nSPS) is 9.53. The summed E-state index contributed by atoms with van der Waals surface area (Å²) < 4.78 is 0. The van der Waals surface area contributed by atoms with E-state index in [4.69, 9.17) is 5.84 Å². The number of rotatable bonds is 5. The number of aromatic nitrogens is 1. The van der Waals surface area contributed by atoms with Gasteiger partial charge in [0.05, 0.1) is 24.0 Å². The van der Waals surface area contributed by atoms with Gasteiger partial charge in [-0.25, -0.2) is 0 Å². The Morgan fingerprint density at radius 3 is 2.82 bits per heavy atom. The molecule has 17 heavy (non-hydrogen) atoms. The van der Waals surface area contributed by atoms with Crippen molar-refractivity contribution >= 4 is 17.5 Å². The van der Waals surface area contributed by atoms with Gasteiger partial charge in [-0.3, -0.25) is 20.4 Å². The van der Waals surface area contributed by atoms with Gasteiger partial charge in [0.25, 0.3) is 5.91 Å². The number of amides is 2. The van der Waals surface area contributed by atoms with Gasteiger partial charge in [0.1, 0.15) is 0 Å². The zero-order valence-electron chi connectivity index (χ0n) is 9.49. The first-order valence-electron chi connectivity index (χ1n) is 5.14. The Labute approximate surface area is 98.8 Å². The summed E-state index contributed by atoms with van der Waals surface area (Å²) in [6, 6.07) is 1.52. The number of carbonyl (C=O) groups excluding carboxylic acids is 2. The Balaban J connectivity index is 2.61. The third kappa shape index (κ3) is 3.72. The molecule has 0 aliphatic rings. The lowest BCUT2D eigenvalue weighted by Gasteiger charge is -2.08. The van der Waals surface area contributed by atoms with Crippen LogP contribution in [-0.2, 0) is 4.79 Å². The standard InChI is InChI=1S/C10H15N5O2/c1-2-13-9(16)6-14-10(17)7-3-4-12-5-8(7)15-11/h3-5,15H,2,6,11H2,1H3,(H,13,16)(H,14,17). The summed E-state index contributed by atoms with van der Waals surface area (Å²) in [4.78, 5) is 26.7. The Hall–Kier alpha value is -2.15. The molecule has 1 heterocycles. The monoisotopic (exact) mass is 237 g/mol. The molecule has 92 valence electrons. The quantitative estimate of drug-likeness (QED) is 0.397. The fourth-order valence-corrected chi connectivity index (χ4v) is 1.22. The number of anilines is 1. The Morgan fingerprint density at radius 1 is 1.41 bits per heavy atom. The summed E-state index contributed by atoms with van der Waals surface area (Å²) in [6.45, 7) is 2.26. The highest BCUT2D eigenvalue weighted by Gasteiger charge is 2.11. The lowest BCUT2D eigenvalue weighted by Crippen LogP contribution is -2.37. The molecule has 0 aromatic carbocycles. The van der Waals surface area contributed by atoms with E-state index in [-0.39, 0.29) is 18.4 Å². The first kappa shape index (κ1) is 12.9. The second-order valence-corrected chi connectivity index (χ2v) is 3.20. The van der Waals surface area contributed by atoms with Crippen molar-refractivity contribution in [2.24, 2.45) is 5.84 Å². The molecule has 0 atom stereocenters. The van der Waals surface area contributed by atoms with Crippen LogP contribution in [0.4, 0.5) is 5.69 Å². The zero-order chi connectivity index (χ0) is 12.7. The van der Waals surface area contributed by atoms with Crippen molar-refractivity contribution in [3.63, 3.8) is 0 Å². The van der Waals surface area contributed by atoms with Crippen molar-refractivity contribution in [2.45, 2.75) is 6.92 Å². The molecule has 1 rings (SSSR count). The van der Waals surface area contributed by atoms with Crippen LogP contribution in [0, 0.1) is 0 Å². The molecule has 0 bridgehead atoms. The fourth-order valence-electron chi connectivity index (χ4n) is 1.22. The molecule has 5 N–H and O–H groups in total. The molecule has 7 heteroatoms. The maximum Gasteiger partial charge on any atom is 0.253 e. The molecule has 1 aromatic heterocycles. The van der Waals surface area contributed by atoms with Crippen LogP contribution in [0.25, 0.3) is 0 Å². The SMILES string of the molecule is CCNC(=O)CNC(=O)c1ccncc1NN. The maximum absolute atomic E-state index is 11.7. The van der Waals surface area contributed by atoms with Gasteiger partial charge in [0.15, 0.2) is 0 Å². The molecule has 7 nitrogen and oxygen atoms in total. The van der Waals surface area contributed by atoms with Crippen LogP contribution in [0.2, 0.25) is 0 Å². The molecule has 0 aliphatic heterocycles. The van der Waals surface area contributed by atoms with Crippen molar-refractivity contribution in [1.29, 1.82) is 0 Å². The average molecular weight is 237 g/mol. The molecule has 0 saturated carbocycles. The molecular formula is C10H15N5O2. The summed E-state index contributed by atoms with van der Waals surface area (Å²) in [5, 5.41) is 5.06. The number of hydrogen-bond donors (Lipinski definition) is 4. The number of pyridine rings is 1. The van der Waals surface area contributed by atoms with E-state index in [9.17, 15) is 9.59 Å². The predicted octanol–water partition coefficient (Wildman–Crippen LogP) is -0.767. The van der Waals surface area contributed by atoms with Gasteiger partial charge >= 0.3 is 0 Å². The van der Waals surface area contributed by atoms with Crippen LogP contribution in [0.3, 0.4) is 0 Å². The lowest BCUT2D eigenvalue weighted by molar-refractivity contribution is -0.120. The smallest absolute Gasteiger partial charge is 0.253 e. The van der Waals surface area contributed by atoms with E-state index >= 15 is 0 Å². The highest BCUT2D eigenvalue weighted by Crippen LogP contribution is 2.10. The average Bonchev–Trinajstić information content (AvgIpc) is 2.36. The van der Waals surface area contributed by atoms with E-state index in [0.717, 1.165) is 0 Å². The number of nitrogens with one attached hydrogen (secondary N) is 3. The van der Waals surface area contributed by atoms with Gasteiger partial charge in [-0.2, -0.15) is 0 Å². The first-order chi connectivity index (χ1) is 8.19. The van der Waals surface area contributed by atoms with Crippen LogP contribution in [0.1, 0.15) is 17.3 Å². The van der Waals surface area contributed by atoms with E-state index in [0.29, 0.717) is 17.8 Å². The number of nitrogens with two attached hydrogens (primary N) is 1. The summed E-state index contributed by atoms with van der Waals surface area (Å²) in [5.74, 6) is 4.62. The largest absolute Gasteiger partial charge is 0.355 e. The molecule has 0 aliphatic carbocycles. The molecule has 0 fully saturated rings. The number of likely N-dealkylation sites (N-methyl/N-ethyl adjacent to an activating group) is 1. The molecule has 0 saturated heterocycles. The number of carbonyl (C=O) groups is 2. The Morgan fingerprint density at radius 2 is 2.18 bits per heavy atom. The molecule has 1 aromatic rings. The summed E-state index contributed by atoms with van der Waals surface area (Å²) in [7, 11) is 0. The van der Waals surface area contributed by atoms with E-state index in [1.54, 1.807) is 6.92 Å². The number of hydrogen-bond acceptors (Lipinski definition) is 5. The molecule has 0 unspecified atom stereocenters. The maximum atomic E-state index is 11.7. The van der Waals surface area contributed by atoms with Crippen molar-refractivity contribution in [2.75, 3.05) is 18.5 Å². The van der Waals surface area contributed by atoms with Crippen LogP contribution in [0.5, 0.6) is 0 Å². The number of nitrogen functional groups attached to an aromatic ring is 1. The summed E-state index contributed by atoms with van der Waals surface area (Å²) >= 11 is 0. The lowest BCUT2D eigenvalue weighted by atomic mass is 10.2. The minimum absolute atomic E-state index is 0.0704. The van der Waals surface area contributed by atoms with Gasteiger partial charge in [-0.05, 0) is 13.0 Å². The van der Waals surface area contributed by atoms with E-state index in [2.05, 4.69) is 21.0 Å². The van der Waals surface area contributed by atoms with Crippen molar-refractivity contribution in [3.8, 4) is 0 Å². The topological polar surface area (TPSA) is 109 Å². The van der Waals surface area contributed by atoms with Gasteiger partial charge in [-0.1, -0.05) is 0 Å². The van der Waals surface area contributed by atoms with Crippen LogP contribution < -0.4 is 21.9 Å². The molecule has 0 spiro atoms. The van der Waals surface area contributed by atoms with Crippen molar-refractivity contribution in [1.82, 2.24) is 15.6 Å². The molecule has 0 radical (unpaired) electrons. The third-order valence-corrected chi connectivity index (χ3v) is 2.00. The number of nitrogens with zero attached hydrogens (tertiary/aromatic N) is 1. The fraction of sp³-hybridized carbons (Fsp3) is 0.300. The summed E-state index contributed by atoms with van der Waals surface area (Å²) in [6.07, 6.45) is 2.91. The minimum Gasteiger partial charge on any atom is -0.355 e. The first-order valence-corrected chi connectivity index (χ1v) is 5.14. The van der Waals surface area contributed by atoms with E-state index < -0.39 is 0 Å². The second kappa shape index (κ2) is 6.44. The Bertz CT molecular complexity index is 407. The van der Waals surface area contributed by atoms with Crippen LogP contribution >= 0.6 is 0 Å². The highest BCUT2D eigenvalue weighted by atomic mass is 16.2. The predicted molar refractivity (Wildman–Crippen MR) is 63.1 cm³/mol. The van der Waals surface area contributed by atoms with Gasteiger partial charge in [0.2, 0.25) is 5.91 Å². The minimum atomic E-state index is -0.383. The van der Waals surface area contributed by atoms with Crippen LogP contribution in [0.15, 0.2) is 18.5 Å². The summed E-state index contributed by atoms with van der Waals surface area (Å²) in [5.41, 5.74) is 3.11. The Kier molecular flexibility index (Phi) is 4.89. The van der Waals surface area contributed by atoms with Gasteiger partial charge in [-0.15, -0.1) is 0 Å². The van der Waals surface area contributed by atoms with Crippen molar-refractivity contribution in [3.05, 3.63) is 24.0 Å². The van der Waals surface area contributed by atoms with Crippen molar-refractivity contribution < 1.29 is 9.59 Å². The molecular weight excluding hydrogens is 222 g/mol. The molecule has 2 amide bonds. The van der Waals surface area contributed by atoms with E-state index in [1.165, 1.54) is 18.5 Å². The second-order valence-electron chi connectivity index (χ2n) is 3.20. The van der Waals surface area contributed by atoms with Gasteiger partial charge < -0.3 is 16.1 Å². The van der Waals surface area contributed by atoms with E-state index in [1.807, 2.05) is 0 Å². The highest BCUT2D eigenvalue weighted by molar-refractivity contribution is 6.00. The number of hydrazine groups is 1.